The molecule has 0 aromatic carbocycles. The maximum absolute atomic E-state index is 5.92. The zero-order chi connectivity index (χ0) is 14.7. The van der Waals surface area contributed by atoms with E-state index in [9.17, 15) is 0 Å². The summed E-state index contributed by atoms with van der Waals surface area (Å²) < 4.78 is 11.8. The molecule has 0 aromatic rings. The van der Waals surface area contributed by atoms with Gasteiger partial charge in [0.05, 0.1) is 13.2 Å². The quantitative estimate of drug-likeness (QED) is 0.395. The Morgan fingerprint density at radius 2 is 1.11 bits per heavy atom. The molecule has 0 fully saturated rings. The SMILES string of the molecule is CCCOCC(COCCC)(CP(C)C)CP(C)C. The van der Waals surface area contributed by atoms with Gasteiger partial charge in [-0.05, 0) is 51.8 Å². The molecule has 0 spiro atoms. The summed E-state index contributed by atoms with van der Waals surface area (Å²) in [5, 5.41) is 0. The van der Waals surface area contributed by atoms with E-state index in [1.807, 2.05) is 0 Å². The lowest BCUT2D eigenvalue weighted by Crippen LogP contribution is -2.38. The van der Waals surface area contributed by atoms with Crippen molar-refractivity contribution < 1.29 is 9.47 Å². The van der Waals surface area contributed by atoms with Gasteiger partial charge in [-0.3, -0.25) is 0 Å². The Bertz CT molecular complexity index is 186. The fourth-order valence-electron chi connectivity index (χ4n) is 2.48. The highest BCUT2D eigenvalue weighted by molar-refractivity contribution is 7.57. The second-order valence-electron chi connectivity index (χ2n) is 6.08. The molecule has 0 rings (SSSR count). The summed E-state index contributed by atoms with van der Waals surface area (Å²) >= 11 is 0. The van der Waals surface area contributed by atoms with Crippen molar-refractivity contribution in [2.45, 2.75) is 26.7 Å². The molecular weight excluding hydrogens is 274 g/mol. The van der Waals surface area contributed by atoms with Gasteiger partial charge in [0.1, 0.15) is 0 Å². The number of ether oxygens (including phenoxy) is 2. The molecule has 0 N–H and O–H groups in total. The summed E-state index contributed by atoms with van der Waals surface area (Å²) in [7, 11) is 0.179. The third kappa shape index (κ3) is 10.2. The molecule has 0 saturated heterocycles. The Balaban J connectivity index is 4.63. The van der Waals surface area contributed by atoms with Crippen LogP contribution in [-0.4, -0.2) is 65.4 Å². The van der Waals surface area contributed by atoms with Crippen molar-refractivity contribution in [2.24, 2.45) is 5.41 Å². The maximum atomic E-state index is 5.92. The number of hydrogen-bond acceptors (Lipinski definition) is 2. The Morgan fingerprint density at radius 1 is 0.737 bits per heavy atom. The van der Waals surface area contributed by atoms with Gasteiger partial charge in [-0.25, -0.2) is 0 Å². The van der Waals surface area contributed by atoms with E-state index in [-0.39, 0.29) is 21.3 Å². The fourth-order valence-corrected chi connectivity index (χ4v) is 5.93. The highest BCUT2D eigenvalue weighted by atomic mass is 31.1. The molecular formula is C15H34O2P2. The van der Waals surface area contributed by atoms with Gasteiger partial charge in [-0.1, -0.05) is 13.8 Å². The van der Waals surface area contributed by atoms with Crippen molar-refractivity contribution in [2.75, 3.05) is 65.4 Å². The molecule has 116 valence electrons. The molecule has 0 saturated carbocycles. The van der Waals surface area contributed by atoms with Crippen molar-refractivity contribution in [1.82, 2.24) is 0 Å². The van der Waals surface area contributed by atoms with Gasteiger partial charge in [0.25, 0.3) is 0 Å². The molecule has 0 aliphatic heterocycles. The lowest BCUT2D eigenvalue weighted by molar-refractivity contribution is 0.00111. The van der Waals surface area contributed by atoms with E-state index in [1.54, 1.807) is 0 Å². The molecule has 0 unspecified atom stereocenters. The van der Waals surface area contributed by atoms with Crippen molar-refractivity contribution in [3.8, 4) is 0 Å². The summed E-state index contributed by atoms with van der Waals surface area (Å²) in [6.07, 6.45) is 4.75. The molecule has 2 nitrogen and oxygen atoms in total. The van der Waals surface area contributed by atoms with Crippen molar-refractivity contribution in [3.05, 3.63) is 0 Å². The third-order valence-corrected chi connectivity index (χ3v) is 5.42. The van der Waals surface area contributed by atoms with Crippen LogP contribution in [0.5, 0.6) is 0 Å². The van der Waals surface area contributed by atoms with E-state index >= 15 is 0 Å². The van der Waals surface area contributed by atoms with Crippen molar-refractivity contribution >= 4 is 15.8 Å². The Kier molecular flexibility index (Phi) is 11.9. The molecule has 0 aliphatic rings. The zero-order valence-corrected chi connectivity index (χ0v) is 15.7. The zero-order valence-electron chi connectivity index (χ0n) is 13.9. The molecule has 0 atom stereocenters. The predicted octanol–water partition coefficient (Wildman–Crippen LogP) is 4.31. The minimum absolute atomic E-state index is 0.0897. The Morgan fingerprint density at radius 3 is 1.37 bits per heavy atom. The van der Waals surface area contributed by atoms with E-state index in [4.69, 9.17) is 9.47 Å². The highest BCUT2D eigenvalue weighted by Gasteiger charge is 2.32. The third-order valence-electron chi connectivity index (χ3n) is 2.82. The van der Waals surface area contributed by atoms with Crippen LogP contribution in [0.4, 0.5) is 0 Å². The van der Waals surface area contributed by atoms with E-state index in [1.165, 1.54) is 12.3 Å². The summed E-state index contributed by atoms with van der Waals surface area (Å²) in [4.78, 5) is 0. The number of hydrogen-bond donors (Lipinski definition) is 0. The van der Waals surface area contributed by atoms with Crippen LogP contribution >= 0.6 is 15.8 Å². The van der Waals surface area contributed by atoms with E-state index in [0.29, 0.717) is 0 Å². The monoisotopic (exact) mass is 308 g/mol. The van der Waals surface area contributed by atoms with Crippen LogP contribution in [0.15, 0.2) is 0 Å². The topological polar surface area (TPSA) is 18.5 Å². The standard InChI is InChI=1S/C15H34O2P2/c1-7-9-16-11-15(13-18(3)4,14-19(5)6)12-17-10-8-2/h7-14H2,1-6H3. The van der Waals surface area contributed by atoms with Crippen molar-refractivity contribution in [1.29, 1.82) is 0 Å². The van der Waals surface area contributed by atoms with Gasteiger partial charge in [0.2, 0.25) is 0 Å². The molecule has 4 heteroatoms. The summed E-state index contributed by atoms with van der Waals surface area (Å²) in [5.74, 6) is 0. The predicted molar refractivity (Wildman–Crippen MR) is 91.9 cm³/mol. The van der Waals surface area contributed by atoms with Crippen molar-refractivity contribution in [3.63, 3.8) is 0 Å². The summed E-state index contributed by atoms with van der Waals surface area (Å²) in [5.41, 5.74) is 0.259. The summed E-state index contributed by atoms with van der Waals surface area (Å²) in [6.45, 7) is 17.4. The van der Waals surface area contributed by atoms with Gasteiger partial charge >= 0.3 is 0 Å². The Hall–Kier alpha value is 0.780. The fraction of sp³-hybridized carbons (Fsp3) is 1.00. The van der Waals surface area contributed by atoms with Gasteiger partial charge in [0.15, 0.2) is 0 Å². The van der Waals surface area contributed by atoms with Crippen LogP contribution in [0.1, 0.15) is 26.7 Å². The van der Waals surface area contributed by atoms with E-state index < -0.39 is 0 Å². The van der Waals surface area contributed by atoms with Gasteiger partial charge < -0.3 is 9.47 Å². The van der Waals surface area contributed by atoms with Crippen LogP contribution in [-0.2, 0) is 9.47 Å². The molecule has 0 radical (unpaired) electrons. The average molecular weight is 308 g/mol. The van der Waals surface area contributed by atoms with Gasteiger partial charge in [-0.2, -0.15) is 0 Å². The van der Waals surface area contributed by atoms with E-state index in [0.717, 1.165) is 39.3 Å². The molecule has 0 aromatic heterocycles. The normalized spacial score (nSPS) is 12.6. The molecule has 0 amide bonds. The van der Waals surface area contributed by atoms with Gasteiger partial charge in [0, 0.05) is 18.6 Å². The van der Waals surface area contributed by atoms with Crippen LogP contribution < -0.4 is 0 Å². The van der Waals surface area contributed by atoms with Gasteiger partial charge in [-0.15, -0.1) is 15.8 Å². The maximum Gasteiger partial charge on any atom is 0.0551 e. The van der Waals surface area contributed by atoms with E-state index in [2.05, 4.69) is 40.5 Å². The second-order valence-corrected chi connectivity index (χ2v) is 11.0. The minimum Gasteiger partial charge on any atom is -0.381 e. The largest absolute Gasteiger partial charge is 0.381 e. The highest BCUT2D eigenvalue weighted by Crippen LogP contribution is 2.43. The smallest absolute Gasteiger partial charge is 0.0551 e. The Labute approximate surface area is 123 Å². The molecule has 0 heterocycles. The van der Waals surface area contributed by atoms with Crippen LogP contribution in [0, 0.1) is 5.41 Å². The molecule has 0 bridgehead atoms. The first-order chi connectivity index (χ1) is 8.95. The number of rotatable bonds is 12. The minimum atomic E-state index is 0.0897. The summed E-state index contributed by atoms with van der Waals surface area (Å²) in [6, 6.07) is 0. The first-order valence-electron chi connectivity index (χ1n) is 7.40. The lowest BCUT2D eigenvalue weighted by atomic mass is 9.95. The first kappa shape index (κ1) is 19.8. The average Bonchev–Trinajstić information content (AvgIpc) is 2.27. The first-order valence-corrected chi connectivity index (χ1v) is 12.2. The second kappa shape index (κ2) is 11.4. The molecule has 0 aliphatic carbocycles. The van der Waals surface area contributed by atoms with Crippen LogP contribution in [0.25, 0.3) is 0 Å². The van der Waals surface area contributed by atoms with Crippen LogP contribution in [0.3, 0.4) is 0 Å². The lowest BCUT2D eigenvalue weighted by Gasteiger charge is -2.36. The molecule has 19 heavy (non-hydrogen) atoms. The van der Waals surface area contributed by atoms with Crippen LogP contribution in [0.2, 0.25) is 0 Å².